The molecule has 0 bridgehead atoms. The van der Waals surface area contributed by atoms with Crippen molar-refractivity contribution in [3.05, 3.63) is 35.4 Å². The number of halogens is 3. The van der Waals surface area contributed by atoms with Crippen LogP contribution in [0.5, 0.6) is 0 Å². The van der Waals surface area contributed by atoms with E-state index in [4.69, 9.17) is 0 Å². The number of alkyl halides is 3. The summed E-state index contributed by atoms with van der Waals surface area (Å²) in [6.07, 6.45) is -4.24. The summed E-state index contributed by atoms with van der Waals surface area (Å²) < 4.78 is 37.8. The summed E-state index contributed by atoms with van der Waals surface area (Å²) in [5.74, 6) is -0.282. The first-order chi connectivity index (χ1) is 8.25. The van der Waals surface area contributed by atoms with Gasteiger partial charge in [-0.3, -0.25) is 4.79 Å². The molecule has 1 aliphatic heterocycles. The lowest BCUT2D eigenvalue weighted by Crippen LogP contribution is -2.40. The van der Waals surface area contributed by atoms with Crippen LogP contribution >= 0.6 is 0 Å². The maximum Gasteiger partial charge on any atom is 0.416 e. The van der Waals surface area contributed by atoms with Gasteiger partial charge in [-0.25, -0.2) is 0 Å². The Kier molecular flexibility index (Phi) is 2.85. The van der Waals surface area contributed by atoms with Crippen LogP contribution in [0.3, 0.4) is 0 Å². The van der Waals surface area contributed by atoms with Gasteiger partial charge in [0.05, 0.1) is 5.56 Å². The van der Waals surface area contributed by atoms with Crippen molar-refractivity contribution in [1.82, 2.24) is 4.90 Å². The topological polar surface area (TPSA) is 40.5 Å². The quantitative estimate of drug-likeness (QED) is 0.839. The highest BCUT2D eigenvalue weighted by Crippen LogP contribution is 2.38. The summed E-state index contributed by atoms with van der Waals surface area (Å²) >= 11 is 0. The van der Waals surface area contributed by atoms with E-state index in [2.05, 4.69) is 0 Å². The summed E-state index contributed by atoms with van der Waals surface area (Å²) in [6.45, 7) is 0. The van der Waals surface area contributed by atoms with Crippen molar-refractivity contribution in [1.29, 1.82) is 0 Å². The Bertz CT molecular complexity index is 486. The highest BCUT2D eigenvalue weighted by atomic mass is 19.4. The van der Waals surface area contributed by atoms with E-state index in [1.165, 1.54) is 19.2 Å². The maximum atomic E-state index is 12.6. The fraction of sp³-hybridized carbons (Fsp3) is 0.417. The molecule has 1 saturated heterocycles. The molecule has 1 fully saturated rings. The number of hydrogen-bond acceptors (Lipinski definition) is 2. The molecule has 1 amide bonds. The van der Waals surface area contributed by atoms with Gasteiger partial charge in [0.25, 0.3) is 0 Å². The molecule has 1 aromatic rings. The first-order valence-electron chi connectivity index (χ1n) is 5.42. The number of amides is 1. The van der Waals surface area contributed by atoms with Crippen LogP contribution in [0.15, 0.2) is 24.3 Å². The van der Waals surface area contributed by atoms with Gasteiger partial charge >= 0.3 is 6.18 Å². The predicted octanol–water partition coefficient (Wildman–Crippen LogP) is 2.10. The van der Waals surface area contributed by atoms with Gasteiger partial charge in [-0.2, -0.15) is 13.2 Å². The van der Waals surface area contributed by atoms with Gasteiger partial charge in [0.1, 0.15) is 0 Å². The molecule has 98 valence electrons. The minimum Gasteiger partial charge on any atom is -0.367 e. The fourth-order valence-corrected chi connectivity index (χ4v) is 2.11. The number of carbonyl (C=O) groups is 1. The van der Waals surface area contributed by atoms with E-state index in [0.29, 0.717) is 0 Å². The minimum absolute atomic E-state index is 0.0886. The summed E-state index contributed by atoms with van der Waals surface area (Å²) in [6, 6.07) is 4.44. The molecule has 0 radical (unpaired) electrons. The largest absolute Gasteiger partial charge is 0.416 e. The van der Waals surface area contributed by atoms with E-state index in [1.54, 1.807) is 0 Å². The third-order valence-electron chi connectivity index (χ3n) is 3.27. The van der Waals surface area contributed by atoms with Crippen molar-refractivity contribution in [2.24, 2.45) is 0 Å². The second kappa shape index (κ2) is 3.98. The van der Waals surface area contributed by atoms with Crippen molar-refractivity contribution in [2.75, 3.05) is 7.05 Å². The van der Waals surface area contributed by atoms with Crippen LogP contribution in [0, 0.1) is 0 Å². The van der Waals surface area contributed by atoms with Crippen molar-refractivity contribution in [3.8, 4) is 0 Å². The summed E-state index contributed by atoms with van der Waals surface area (Å²) in [4.78, 5) is 12.5. The third-order valence-corrected chi connectivity index (χ3v) is 3.27. The van der Waals surface area contributed by atoms with Crippen LogP contribution in [0.25, 0.3) is 0 Å². The molecule has 18 heavy (non-hydrogen) atoms. The Labute approximate surface area is 102 Å². The normalized spacial score (nSPS) is 24.7. The van der Waals surface area contributed by atoms with Crippen LogP contribution in [-0.2, 0) is 16.7 Å². The molecule has 1 N–H and O–H groups in total. The van der Waals surface area contributed by atoms with Gasteiger partial charge in [-0.05, 0) is 12.1 Å². The molecule has 1 aliphatic rings. The fourth-order valence-electron chi connectivity index (χ4n) is 2.11. The number of benzene rings is 1. The Morgan fingerprint density at radius 1 is 1.39 bits per heavy atom. The van der Waals surface area contributed by atoms with Crippen molar-refractivity contribution < 1.29 is 23.1 Å². The molecule has 1 aromatic carbocycles. The molecule has 0 saturated carbocycles. The summed E-state index contributed by atoms with van der Waals surface area (Å²) in [5.41, 5.74) is -2.38. The molecular formula is C12H12F3NO2. The molecule has 2 rings (SSSR count). The lowest BCUT2D eigenvalue weighted by Gasteiger charge is -2.31. The highest BCUT2D eigenvalue weighted by Gasteiger charge is 2.43. The zero-order valence-corrected chi connectivity index (χ0v) is 9.66. The van der Waals surface area contributed by atoms with Crippen molar-refractivity contribution in [3.63, 3.8) is 0 Å². The number of nitrogens with zero attached hydrogens (tertiary/aromatic N) is 1. The maximum absolute atomic E-state index is 12.6. The Balaban J connectivity index is 2.43. The van der Waals surface area contributed by atoms with Crippen LogP contribution in [0.4, 0.5) is 13.2 Å². The average molecular weight is 259 g/mol. The van der Waals surface area contributed by atoms with Gasteiger partial charge in [0.2, 0.25) is 5.91 Å². The first kappa shape index (κ1) is 12.9. The van der Waals surface area contributed by atoms with E-state index in [-0.39, 0.29) is 24.3 Å². The number of likely N-dealkylation sites (tertiary alicyclic amines) is 1. The lowest BCUT2D eigenvalue weighted by molar-refractivity contribution is -0.143. The van der Waals surface area contributed by atoms with Gasteiger partial charge in [0.15, 0.2) is 5.72 Å². The zero-order valence-electron chi connectivity index (χ0n) is 9.66. The van der Waals surface area contributed by atoms with Gasteiger partial charge < -0.3 is 10.0 Å². The average Bonchev–Trinajstić information content (AvgIpc) is 2.58. The molecule has 0 spiro atoms. The van der Waals surface area contributed by atoms with E-state index in [0.717, 1.165) is 17.0 Å². The minimum atomic E-state index is -4.46. The van der Waals surface area contributed by atoms with E-state index >= 15 is 0 Å². The van der Waals surface area contributed by atoms with E-state index in [9.17, 15) is 23.1 Å². The Hall–Kier alpha value is -1.56. The van der Waals surface area contributed by atoms with E-state index < -0.39 is 17.5 Å². The van der Waals surface area contributed by atoms with Gasteiger partial charge in [-0.15, -0.1) is 0 Å². The molecule has 0 aromatic heterocycles. The summed E-state index contributed by atoms with van der Waals surface area (Å²) in [7, 11) is 1.38. The van der Waals surface area contributed by atoms with Crippen LogP contribution in [-0.4, -0.2) is 23.0 Å². The van der Waals surface area contributed by atoms with E-state index in [1.807, 2.05) is 0 Å². The standard InChI is InChI=1S/C12H12F3NO2/c1-16-10(17)5-6-11(16,18)8-3-2-4-9(7-8)12(13,14)15/h2-4,7,18H,5-6H2,1H3. The smallest absolute Gasteiger partial charge is 0.367 e. The second-order valence-corrected chi connectivity index (χ2v) is 4.35. The van der Waals surface area contributed by atoms with Crippen LogP contribution in [0.2, 0.25) is 0 Å². The van der Waals surface area contributed by atoms with Crippen LogP contribution in [0.1, 0.15) is 24.0 Å². The van der Waals surface area contributed by atoms with Gasteiger partial charge in [-0.1, -0.05) is 12.1 Å². The number of carbonyl (C=O) groups excluding carboxylic acids is 1. The molecular weight excluding hydrogens is 247 g/mol. The molecule has 1 heterocycles. The Morgan fingerprint density at radius 3 is 2.56 bits per heavy atom. The van der Waals surface area contributed by atoms with Crippen molar-refractivity contribution in [2.45, 2.75) is 24.7 Å². The monoisotopic (exact) mass is 259 g/mol. The lowest BCUT2D eigenvalue weighted by atomic mass is 9.98. The number of aliphatic hydroxyl groups is 1. The second-order valence-electron chi connectivity index (χ2n) is 4.35. The predicted molar refractivity (Wildman–Crippen MR) is 57.3 cm³/mol. The number of rotatable bonds is 1. The first-order valence-corrected chi connectivity index (χ1v) is 5.42. The Morgan fingerprint density at radius 2 is 2.06 bits per heavy atom. The molecule has 1 atom stereocenters. The van der Waals surface area contributed by atoms with Crippen LogP contribution < -0.4 is 0 Å². The molecule has 0 aliphatic carbocycles. The highest BCUT2D eigenvalue weighted by molar-refractivity contribution is 5.79. The number of hydrogen-bond donors (Lipinski definition) is 1. The third kappa shape index (κ3) is 1.96. The van der Waals surface area contributed by atoms with Crippen molar-refractivity contribution >= 4 is 5.91 Å². The van der Waals surface area contributed by atoms with Gasteiger partial charge in [0, 0.05) is 25.5 Å². The SMILES string of the molecule is CN1C(=O)CCC1(O)c1cccc(C(F)(F)F)c1. The molecule has 1 unspecified atom stereocenters. The molecule has 3 nitrogen and oxygen atoms in total. The zero-order chi connectivity index (χ0) is 13.6. The molecule has 6 heteroatoms. The summed E-state index contributed by atoms with van der Waals surface area (Å²) in [5, 5.41) is 10.3.